The number of hydrogen-bond acceptors (Lipinski definition) is 4. The van der Waals surface area contributed by atoms with E-state index in [0.717, 1.165) is 22.4 Å². The predicted octanol–water partition coefficient (Wildman–Crippen LogP) is 3.57. The number of aromatic nitrogens is 4. The zero-order valence-corrected chi connectivity index (χ0v) is 12.7. The van der Waals surface area contributed by atoms with Crippen molar-refractivity contribution in [3.8, 4) is 5.82 Å². The SMILES string of the molecule is Fc1ccc(CNc2nccc(-n3cnc4ccccc43)n2)cc1. The van der Waals surface area contributed by atoms with E-state index in [1.807, 2.05) is 34.9 Å². The summed E-state index contributed by atoms with van der Waals surface area (Å²) in [5.41, 5.74) is 2.86. The minimum absolute atomic E-state index is 0.246. The Morgan fingerprint density at radius 3 is 2.67 bits per heavy atom. The molecular formula is C18H14FN5. The van der Waals surface area contributed by atoms with Crippen molar-refractivity contribution in [2.24, 2.45) is 0 Å². The van der Waals surface area contributed by atoms with E-state index in [1.165, 1.54) is 12.1 Å². The van der Waals surface area contributed by atoms with Crippen molar-refractivity contribution in [3.05, 3.63) is 78.5 Å². The first-order valence-corrected chi connectivity index (χ1v) is 7.53. The second kappa shape index (κ2) is 6.08. The largest absolute Gasteiger partial charge is 0.350 e. The average molecular weight is 319 g/mol. The topological polar surface area (TPSA) is 55.6 Å². The van der Waals surface area contributed by atoms with E-state index >= 15 is 0 Å². The minimum atomic E-state index is -0.246. The third kappa shape index (κ3) is 2.81. The van der Waals surface area contributed by atoms with Crippen LogP contribution in [0, 0.1) is 5.82 Å². The summed E-state index contributed by atoms with van der Waals surface area (Å²) in [4.78, 5) is 13.1. The van der Waals surface area contributed by atoms with Crippen LogP contribution in [0.2, 0.25) is 0 Å². The van der Waals surface area contributed by atoms with Crippen LogP contribution >= 0.6 is 0 Å². The molecule has 0 spiro atoms. The van der Waals surface area contributed by atoms with Crippen molar-refractivity contribution in [1.82, 2.24) is 19.5 Å². The highest BCUT2D eigenvalue weighted by atomic mass is 19.1. The van der Waals surface area contributed by atoms with E-state index < -0.39 is 0 Å². The van der Waals surface area contributed by atoms with Gasteiger partial charge in [0, 0.05) is 12.7 Å². The number of rotatable bonds is 4. The summed E-state index contributed by atoms with van der Waals surface area (Å²) in [6, 6.07) is 16.0. The van der Waals surface area contributed by atoms with E-state index in [0.29, 0.717) is 12.5 Å². The molecule has 2 aromatic carbocycles. The van der Waals surface area contributed by atoms with Crippen LogP contribution in [0.4, 0.5) is 10.3 Å². The van der Waals surface area contributed by atoms with Gasteiger partial charge in [-0.05, 0) is 35.9 Å². The lowest BCUT2D eigenvalue weighted by atomic mass is 10.2. The highest BCUT2D eigenvalue weighted by Gasteiger charge is 2.06. The number of nitrogens with zero attached hydrogens (tertiary/aromatic N) is 4. The Morgan fingerprint density at radius 1 is 0.958 bits per heavy atom. The molecule has 4 aromatic rings. The summed E-state index contributed by atoms with van der Waals surface area (Å²) in [6.45, 7) is 0.522. The zero-order valence-electron chi connectivity index (χ0n) is 12.7. The van der Waals surface area contributed by atoms with Gasteiger partial charge in [-0.3, -0.25) is 4.57 Å². The normalized spacial score (nSPS) is 10.9. The second-order valence-corrected chi connectivity index (χ2v) is 5.32. The molecule has 0 bridgehead atoms. The maximum Gasteiger partial charge on any atom is 0.224 e. The highest BCUT2D eigenvalue weighted by molar-refractivity contribution is 5.76. The molecular weight excluding hydrogens is 305 g/mol. The van der Waals surface area contributed by atoms with Gasteiger partial charge >= 0.3 is 0 Å². The number of hydrogen-bond donors (Lipinski definition) is 1. The quantitative estimate of drug-likeness (QED) is 0.625. The van der Waals surface area contributed by atoms with Crippen molar-refractivity contribution >= 4 is 17.0 Å². The number of anilines is 1. The first-order valence-electron chi connectivity index (χ1n) is 7.53. The third-order valence-electron chi connectivity index (χ3n) is 3.71. The van der Waals surface area contributed by atoms with Crippen LogP contribution in [0.5, 0.6) is 0 Å². The molecule has 0 radical (unpaired) electrons. The van der Waals surface area contributed by atoms with Crippen LogP contribution < -0.4 is 5.32 Å². The Bertz CT molecular complexity index is 978. The first kappa shape index (κ1) is 14.3. The predicted molar refractivity (Wildman–Crippen MR) is 90.4 cm³/mol. The van der Waals surface area contributed by atoms with E-state index in [4.69, 9.17) is 0 Å². The van der Waals surface area contributed by atoms with Gasteiger partial charge < -0.3 is 5.32 Å². The molecule has 5 nitrogen and oxygen atoms in total. The fraction of sp³-hybridized carbons (Fsp3) is 0.0556. The van der Waals surface area contributed by atoms with Gasteiger partial charge in [0.15, 0.2) is 0 Å². The van der Waals surface area contributed by atoms with Crippen LogP contribution in [0.1, 0.15) is 5.56 Å². The molecule has 0 atom stereocenters. The third-order valence-corrected chi connectivity index (χ3v) is 3.71. The van der Waals surface area contributed by atoms with Crippen LogP contribution in [0.25, 0.3) is 16.9 Å². The second-order valence-electron chi connectivity index (χ2n) is 5.32. The number of imidazole rings is 1. The first-order chi connectivity index (χ1) is 11.8. The van der Waals surface area contributed by atoms with Gasteiger partial charge in [0.05, 0.1) is 11.0 Å². The molecule has 2 heterocycles. The summed E-state index contributed by atoms with van der Waals surface area (Å²) < 4.78 is 14.9. The van der Waals surface area contributed by atoms with E-state index in [2.05, 4.69) is 20.3 Å². The van der Waals surface area contributed by atoms with Gasteiger partial charge in [-0.2, -0.15) is 4.98 Å². The maximum absolute atomic E-state index is 12.9. The standard InChI is InChI=1S/C18H14FN5/c19-14-7-5-13(6-8-14)11-21-18-20-10-9-17(23-18)24-12-22-15-3-1-2-4-16(15)24/h1-10,12H,11H2,(H,20,21,23). The molecule has 0 saturated heterocycles. The number of para-hydroxylation sites is 2. The molecule has 0 fully saturated rings. The zero-order chi connectivity index (χ0) is 16.4. The molecule has 6 heteroatoms. The number of fused-ring (bicyclic) bond motifs is 1. The van der Waals surface area contributed by atoms with Crippen LogP contribution in [0.3, 0.4) is 0 Å². The fourth-order valence-corrected chi connectivity index (χ4v) is 2.49. The van der Waals surface area contributed by atoms with Crippen molar-refractivity contribution in [2.75, 3.05) is 5.32 Å². The smallest absolute Gasteiger partial charge is 0.224 e. The van der Waals surface area contributed by atoms with Crippen LogP contribution in [-0.2, 0) is 6.54 Å². The van der Waals surface area contributed by atoms with Crippen LogP contribution in [0.15, 0.2) is 67.1 Å². The highest BCUT2D eigenvalue weighted by Crippen LogP contribution is 2.17. The molecule has 1 N–H and O–H groups in total. The molecule has 4 rings (SSSR count). The van der Waals surface area contributed by atoms with Gasteiger partial charge in [0.2, 0.25) is 5.95 Å². The van der Waals surface area contributed by atoms with Gasteiger partial charge in [-0.25, -0.2) is 14.4 Å². The van der Waals surface area contributed by atoms with Crippen molar-refractivity contribution in [3.63, 3.8) is 0 Å². The van der Waals surface area contributed by atoms with E-state index in [9.17, 15) is 4.39 Å². The molecule has 0 amide bonds. The molecule has 0 aliphatic heterocycles. The Balaban J connectivity index is 1.58. The van der Waals surface area contributed by atoms with Crippen molar-refractivity contribution < 1.29 is 4.39 Å². The molecule has 0 saturated carbocycles. The Kier molecular flexibility index (Phi) is 3.63. The lowest BCUT2D eigenvalue weighted by Gasteiger charge is -2.08. The Morgan fingerprint density at radius 2 is 1.79 bits per heavy atom. The lowest BCUT2D eigenvalue weighted by Crippen LogP contribution is -2.06. The maximum atomic E-state index is 12.9. The van der Waals surface area contributed by atoms with Crippen LogP contribution in [-0.4, -0.2) is 19.5 Å². The van der Waals surface area contributed by atoms with Gasteiger partial charge in [0.1, 0.15) is 18.0 Å². The van der Waals surface area contributed by atoms with Gasteiger partial charge in [-0.15, -0.1) is 0 Å². The summed E-state index contributed by atoms with van der Waals surface area (Å²) >= 11 is 0. The van der Waals surface area contributed by atoms with Crippen molar-refractivity contribution in [2.45, 2.75) is 6.54 Å². The number of halogens is 1. The summed E-state index contributed by atoms with van der Waals surface area (Å²) in [6.07, 6.45) is 3.45. The fourth-order valence-electron chi connectivity index (χ4n) is 2.49. The number of nitrogens with one attached hydrogen (secondary N) is 1. The summed E-state index contributed by atoms with van der Waals surface area (Å²) in [5.74, 6) is 0.999. The Hall–Kier alpha value is -3.28. The molecule has 0 aliphatic carbocycles. The van der Waals surface area contributed by atoms with Crippen molar-refractivity contribution in [1.29, 1.82) is 0 Å². The monoisotopic (exact) mass is 319 g/mol. The van der Waals surface area contributed by atoms with E-state index in [1.54, 1.807) is 24.7 Å². The average Bonchev–Trinajstić information content (AvgIpc) is 3.06. The molecule has 0 aliphatic rings. The molecule has 2 aromatic heterocycles. The minimum Gasteiger partial charge on any atom is -0.350 e. The molecule has 118 valence electrons. The summed E-state index contributed by atoms with van der Waals surface area (Å²) in [7, 11) is 0. The lowest BCUT2D eigenvalue weighted by molar-refractivity contribution is 0.627. The molecule has 24 heavy (non-hydrogen) atoms. The van der Waals surface area contributed by atoms with Gasteiger partial charge in [-0.1, -0.05) is 24.3 Å². The van der Waals surface area contributed by atoms with Gasteiger partial charge in [0.25, 0.3) is 0 Å². The van der Waals surface area contributed by atoms with E-state index in [-0.39, 0.29) is 5.82 Å². The number of benzene rings is 2. The Labute approximate surface area is 137 Å². The molecule has 0 unspecified atom stereocenters. The summed E-state index contributed by atoms with van der Waals surface area (Å²) in [5, 5.41) is 3.15.